The normalized spacial score (nSPS) is 12.4. The van der Waals surface area contributed by atoms with Gasteiger partial charge in [-0.3, -0.25) is 14.4 Å². The Balaban J connectivity index is 3.67. The minimum atomic E-state index is -0.683. The molecule has 0 rings (SSSR count). The zero-order chi connectivity index (χ0) is 22.5. The Hall–Kier alpha value is -1.91. The van der Waals surface area contributed by atoms with Gasteiger partial charge < -0.3 is 9.47 Å². The summed E-state index contributed by atoms with van der Waals surface area (Å²) in [6.07, 6.45) is 21.5. The van der Waals surface area contributed by atoms with E-state index in [1.54, 1.807) is 0 Å². The average molecular weight is 423 g/mol. The quantitative estimate of drug-likeness (QED) is 0.140. The molecule has 0 aromatic rings. The van der Waals surface area contributed by atoms with E-state index in [1.807, 2.05) is 0 Å². The number of hydrogen-bond donors (Lipinski definition) is 0. The number of carbonyl (C=O) groups excluding carboxylic acids is 3. The molecular weight excluding hydrogens is 380 g/mol. The van der Waals surface area contributed by atoms with Crippen molar-refractivity contribution in [3.05, 3.63) is 24.3 Å². The van der Waals surface area contributed by atoms with Crippen LogP contribution in [0.25, 0.3) is 0 Å². The topological polar surface area (TPSA) is 69.7 Å². The molecular formula is C25H42O5. The van der Waals surface area contributed by atoms with Crippen LogP contribution in [0.1, 0.15) is 104 Å². The van der Waals surface area contributed by atoms with E-state index in [0.717, 1.165) is 32.1 Å². The Labute approximate surface area is 183 Å². The first kappa shape index (κ1) is 28.1. The predicted molar refractivity (Wildman–Crippen MR) is 121 cm³/mol. The molecule has 0 aliphatic heterocycles. The Kier molecular flexibility index (Phi) is 19.1. The highest BCUT2D eigenvalue weighted by molar-refractivity contribution is 5.79. The number of hydrogen-bond acceptors (Lipinski definition) is 5. The summed E-state index contributed by atoms with van der Waals surface area (Å²) in [5.41, 5.74) is 0. The molecule has 0 amide bonds. The summed E-state index contributed by atoms with van der Waals surface area (Å²) in [7, 11) is 0. The van der Waals surface area contributed by atoms with Gasteiger partial charge in [-0.2, -0.15) is 0 Å². The molecule has 5 nitrogen and oxygen atoms in total. The van der Waals surface area contributed by atoms with E-state index < -0.39 is 18.0 Å². The van der Waals surface area contributed by atoms with Crippen molar-refractivity contribution in [3.63, 3.8) is 0 Å². The molecule has 0 saturated heterocycles. The lowest BCUT2D eigenvalue weighted by molar-refractivity contribution is -0.157. The molecule has 0 saturated carbocycles. The first-order valence-corrected chi connectivity index (χ1v) is 11.6. The Bertz CT molecular complexity index is 522. The van der Waals surface area contributed by atoms with E-state index >= 15 is 0 Å². The fourth-order valence-electron chi connectivity index (χ4n) is 3.07. The maximum absolute atomic E-state index is 12.1. The van der Waals surface area contributed by atoms with Gasteiger partial charge in [0.1, 0.15) is 18.5 Å². The van der Waals surface area contributed by atoms with Crippen molar-refractivity contribution < 1.29 is 23.9 Å². The number of ketones is 1. The number of ether oxygens (including phenoxy) is 2. The van der Waals surface area contributed by atoms with Crippen molar-refractivity contribution in [3.8, 4) is 0 Å². The lowest BCUT2D eigenvalue weighted by Crippen LogP contribution is -2.26. The third-order valence-electron chi connectivity index (χ3n) is 4.67. The van der Waals surface area contributed by atoms with Crippen molar-refractivity contribution in [1.82, 2.24) is 0 Å². The van der Waals surface area contributed by atoms with Crippen LogP contribution in [0.5, 0.6) is 0 Å². The number of carbonyl (C=O) groups is 3. The second-order valence-electron chi connectivity index (χ2n) is 7.76. The van der Waals surface area contributed by atoms with Gasteiger partial charge in [-0.1, -0.05) is 63.3 Å². The van der Waals surface area contributed by atoms with Crippen LogP contribution in [0.4, 0.5) is 0 Å². The summed E-state index contributed by atoms with van der Waals surface area (Å²) in [4.78, 5) is 34.1. The second-order valence-corrected chi connectivity index (χ2v) is 7.76. The molecule has 0 heterocycles. The molecule has 0 aliphatic rings. The smallest absolute Gasteiger partial charge is 0.303 e. The summed E-state index contributed by atoms with van der Waals surface area (Å²) in [5, 5.41) is 0. The zero-order valence-electron chi connectivity index (χ0n) is 19.3. The lowest BCUT2D eigenvalue weighted by atomic mass is 10.0. The summed E-state index contributed by atoms with van der Waals surface area (Å²) in [6.45, 7) is 4.73. The third-order valence-corrected chi connectivity index (χ3v) is 4.67. The highest BCUT2D eigenvalue weighted by atomic mass is 16.6. The molecule has 1 atom stereocenters. The Morgan fingerprint density at radius 2 is 1.37 bits per heavy atom. The van der Waals surface area contributed by atoms with Crippen molar-refractivity contribution in [1.29, 1.82) is 0 Å². The van der Waals surface area contributed by atoms with Crippen molar-refractivity contribution in [2.75, 3.05) is 6.61 Å². The van der Waals surface area contributed by atoms with Crippen LogP contribution < -0.4 is 0 Å². The van der Waals surface area contributed by atoms with Gasteiger partial charge in [0.15, 0.2) is 0 Å². The van der Waals surface area contributed by atoms with Crippen LogP contribution in [0.2, 0.25) is 0 Å². The van der Waals surface area contributed by atoms with E-state index in [2.05, 4.69) is 31.2 Å². The minimum Gasteiger partial charge on any atom is -0.462 e. The van der Waals surface area contributed by atoms with Crippen molar-refractivity contribution in [2.24, 2.45) is 0 Å². The molecule has 0 aliphatic carbocycles. The van der Waals surface area contributed by atoms with Gasteiger partial charge >= 0.3 is 11.9 Å². The van der Waals surface area contributed by atoms with Gasteiger partial charge in [0.05, 0.1) is 0 Å². The SMILES string of the molecule is CCCCC/C=C\C/C=C\CCCCCCCC(=O)C[C@H](COC(C)=O)OC(C)=O. The number of esters is 2. The monoisotopic (exact) mass is 422 g/mol. The van der Waals surface area contributed by atoms with Gasteiger partial charge in [-0.25, -0.2) is 0 Å². The molecule has 0 aromatic carbocycles. The maximum atomic E-state index is 12.1. The van der Waals surface area contributed by atoms with Gasteiger partial charge in [-0.05, 0) is 38.5 Å². The van der Waals surface area contributed by atoms with Crippen LogP contribution in [-0.2, 0) is 23.9 Å². The van der Waals surface area contributed by atoms with Crippen molar-refractivity contribution >= 4 is 17.7 Å². The number of unbranched alkanes of at least 4 members (excludes halogenated alkanes) is 8. The van der Waals surface area contributed by atoms with E-state index in [0.29, 0.717) is 6.42 Å². The summed E-state index contributed by atoms with van der Waals surface area (Å²) in [5.74, 6) is -0.885. The zero-order valence-corrected chi connectivity index (χ0v) is 19.3. The maximum Gasteiger partial charge on any atom is 0.303 e. The van der Waals surface area contributed by atoms with Gasteiger partial charge in [-0.15, -0.1) is 0 Å². The van der Waals surface area contributed by atoms with Crippen LogP contribution in [0, 0.1) is 0 Å². The third kappa shape index (κ3) is 20.8. The molecule has 0 unspecified atom stereocenters. The predicted octanol–water partition coefficient (Wildman–Crippen LogP) is 6.25. The van der Waals surface area contributed by atoms with Crippen LogP contribution in [0.3, 0.4) is 0 Å². The lowest BCUT2D eigenvalue weighted by Gasteiger charge is -2.15. The van der Waals surface area contributed by atoms with E-state index in [1.165, 1.54) is 52.4 Å². The molecule has 5 heteroatoms. The highest BCUT2D eigenvalue weighted by Crippen LogP contribution is 2.11. The molecule has 0 spiro atoms. The molecule has 30 heavy (non-hydrogen) atoms. The molecule has 0 bridgehead atoms. The standard InChI is InChI=1S/C25H42O5/c1-4-5-6-7-8-9-10-11-12-13-14-15-16-17-18-19-24(28)20-25(30-23(3)27)21-29-22(2)26/h8-9,11-12,25H,4-7,10,13-21H2,1-3H3/b9-8-,12-11-/t25-/m1/s1. The number of allylic oxidation sites excluding steroid dienone is 4. The van der Waals surface area contributed by atoms with E-state index in [9.17, 15) is 14.4 Å². The first-order chi connectivity index (χ1) is 14.5. The highest BCUT2D eigenvalue weighted by Gasteiger charge is 2.18. The fraction of sp³-hybridized carbons (Fsp3) is 0.720. The molecule has 0 aromatic heterocycles. The average Bonchev–Trinajstić information content (AvgIpc) is 2.68. The minimum absolute atomic E-state index is 0.0408. The second kappa shape index (κ2) is 20.4. The molecule has 0 fully saturated rings. The van der Waals surface area contributed by atoms with Gasteiger partial charge in [0.25, 0.3) is 0 Å². The Morgan fingerprint density at radius 3 is 1.97 bits per heavy atom. The summed E-state index contributed by atoms with van der Waals surface area (Å²) >= 11 is 0. The van der Waals surface area contributed by atoms with Crippen molar-refractivity contribution in [2.45, 2.75) is 110 Å². The molecule has 172 valence electrons. The fourth-order valence-corrected chi connectivity index (χ4v) is 3.07. The van der Waals surface area contributed by atoms with Crippen LogP contribution in [0.15, 0.2) is 24.3 Å². The first-order valence-electron chi connectivity index (χ1n) is 11.6. The summed E-state index contributed by atoms with van der Waals surface area (Å²) in [6, 6.07) is 0. The summed E-state index contributed by atoms with van der Waals surface area (Å²) < 4.78 is 9.91. The van der Waals surface area contributed by atoms with E-state index in [4.69, 9.17) is 9.47 Å². The number of Topliss-reactive ketones (excluding diaryl/α,β-unsaturated/α-hetero) is 1. The molecule has 0 radical (unpaired) electrons. The number of rotatable bonds is 19. The Morgan fingerprint density at radius 1 is 0.767 bits per heavy atom. The van der Waals surface area contributed by atoms with Gasteiger partial charge in [0, 0.05) is 26.7 Å². The molecule has 0 N–H and O–H groups in total. The van der Waals surface area contributed by atoms with Crippen LogP contribution in [-0.4, -0.2) is 30.4 Å². The largest absolute Gasteiger partial charge is 0.462 e. The van der Waals surface area contributed by atoms with Crippen LogP contribution >= 0.6 is 0 Å². The van der Waals surface area contributed by atoms with Gasteiger partial charge in [0.2, 0.25) is 0 Å². The van der Waals surface area contributed by atoms with E-state index in [-0.39, 0.29) is 18.8 Å².